The van der Waals surface area contributed by atoms with Crippen molar-refractivity contribution in [2.24, 2.45) is 0 Å². The third-order valence-electron chi connectivity index (χ3n) is 3.72. The smallest absolute Gasteiger partial charge is 0.303 e. The number of nitrogens with zero attached hydrogens (tertiary/aromatic N) is 1. The van der Waals surface area contributed by atoms with Gasteiger partial charge >= 0.3 is 5.97 Å². The molecule has 1 aromatic carbocycles. The molecule has 27 heavy (non-hydrogen) atoms. The van der Waals surface area contributed by atoms with Gasteiger partial charge in [0.05, 0.1) is 4.91 Å². The van der Waals surface area contributed by atoms with E-state index in [-0.39, 0.29) is 24.7 Å². The molecule has 1 fully saturated rings. The maximum absolute atomic E-state index is 12.5. The monoisotopic (exact) mass is 426 g/mol. The van der Waals surface area contributed by atoms with E-state index < -0.39 is 5.97 Å². The molecule has 1 aromatic rings. The lowest BCUT2D eigenvalue weighted by molar-refractivity contribution is -0.137. The molecular formula is C18H19ClN2O4S2. The van der Waals surface area contributed by atoms with E-state index in [4.69, 9.17) is 28.9 Å². The summed E-state index contributed by atoms with van der Waals surface area (Å²) in [5.41, 5.74) is 0.862. The van der Waals surface area contributed by atoms with Crippen LogP contribution in [0.4, 0.5) is 0 Å². The van der Waals surface area contributed by atoms with Crippen molar-refractivity contribution in [3.8, 4) is 0 Å². The average Bonchev–Trinajstić information content (AvgIpc) is 2.88. The van der Waals surface area contributed by atoms with Gasteiger partial charge in [-0.1, -0.05) is 47.7 Å². The highest BCUT2D eigenvalue weighted by molar-refractivity contribution is 8.26. The summed E-state index contributed by atoms with van der Waals surface area (Å²) in [6, 6.07) is 7.15. The van der Waals surface area contributed by atoms with Gasteiger partial charge in [0.1, 0.15) is 4.32 Å². The van der Waals surface area contributed by atoms with Crippen LogP contribution in [0.2, 0.25) is 5.02 Å². The van der Waals surface area contributed by atoms with Crippen molar-refractivity contribution in [1.82, 2.24) is 10.2 Å². The lowest BCUT2D eigenvalue weighted by atomic mass is 10.2. The molecule has 2 rings (SSSR count). The van der Waals surface area contributed by atoms with Crippen LogP contribution in [0.5, 0.6) is 0 Å². The van der Waals surface area contributed by atoms with Crippen LogP contribution in [0, 0.1) is 0 Å². The summed E-state index contributed by atoms with van der Waals surface area (Å²) in [4.78, 5) is 36.7. The van der Waals surface area contributed by atoms with Crippen molar-refractivity contribution >= 4 is 63.8 Å². The average molecular weight is 427 g/mol. The first kappa shape index (κ1) is 21.4. The molecule has 0 radical (unpaired) electrons. The van der Waals surface area contributed by atoms with Crippen molar-refractivity contribution < 1.29 is 19.5 Å². The molecule has 2 N–H and O–H groups in total. The fourth-order valence-corrected chi connectivity index (χ4v) is 3.79. The zero-order valence-corrected chi connectivity index (χ0v) is 16.8. The van der Waals surface area contributed by atoms with Gasteiger partial charge in [0.25, 0.3) is 5.91 Å². The highest BCUT2D eigenvalue weighted by atomic mass is 35.5. The first-order valence-electron chi connectivity index (χ1n) is 8.36. The number of carbonyl (C=O) groups is 3. The van der Waals surface area contributed by atoms with Crippen molar-refractivity contribution in [2.75, 3.05) is 13.1 Å². The second-order valence-electron chi connectivity index (χ2n) is 5.84. The van der Waals surface area contributed by atoms with Gasteiger partial charge in [0, 0.05) is 31.0 Å². The van der Waals surface area contributed by atoms with Gasteiger partial charge in [0.15, 0.2) is 0 Å². The molecule has 9 heteroatoms. The zero-order chi connectivity index (χ0) is 19.8. The number of nitrogens with one attached hydrogen (secondary N) is 1. The number of rotatable bonds is 9. The number of thioether (sulfide) groups is 1. The molecule has 0 unspecified atom stereocenters. The molecule has 0 aromatic heterocycles. The first-order chi connectivity index (χ1) is 12.9. The van der Waals surface area contributed by atoms with Crippen LogP contribution in [0.3, 0.4) is 0 Å². The fraction of sp³-hybridized carbons (Fsp3) is 0.333. The van der Waals surface area contributed by atoms with Crippen LogP contribution in [-0.4, -0.2) is 45.2 Å². The molecule has 0 aliphatic carbocycles. The molecule has 6 nitrogen and oxygen atoms in total. The van der Waals surface area contributed by atoms with Gasteiger partial charge in [-0.2, -0.15) is 0 Å². The van der Waals surface area contributed by atoms with Gasteiger partial charge < -0.3 is 10.4 Å². The van der Waals surface area contributed by atoms with Crippen LogP contribution in [-0.2, 0) is 14.4 Å². The van der Waals surface area contributed by atoms with E-state index in [1.165, 1.54) is 16.7 Å². The van der Waals surface area contributed by atoms with Crippen LogP contribution >= 0.6 is 35.6 Å². The summed E-state index contributed by atoms with van der Waals surface area (Å²) in [5.74, 6) is -1.21. The van der Waals surface area contributed by atoms with Gasteiger partial charge in [-0.15, -0.1) is 0 Å². The van der Waals surface area contributed by atoms with Crippen LogP contribution in [0.1, 0.15) is 31.2 Å². The molecule has 0 saturated carbocycles. The number of halogens is 1. The predicted molar refractivity (Wildman–Crippen MR) is 110 cm³/mol. The Balaban J connectivity index is 1.79. The molecule has 1 aliphatic heterocycles. The molecule has 1 heterocycles. The van der Waals surface area contributed by atoms with Gasteiger partial charge in [-0.25, -0.2) is 0 Å². The topological polar surface area (TPSA) is 86.7 Å². The number of carboxylic acids is 1. The van der Waals surface area contributed by atoms with Crippen LogP contribution < -0.4 is 5.32 Å². The highest BCUT2D eigenvalue weighted by Crippen LogP contribution is 2.32. The first-order valence-corrected chi connectivity index (χ1v) is 9.96. The summed E-state index contributed by atoms with van der Waals surface area (Å²) in [6.45, 7) is 0.696. The lowest BCUT2D eigenvalue weighted by Crippen LogP contribution is -2.31. The number of benzene rings is 1. The van der Waals surface area contributed by atoms with Gasteiger partial charge in [-0.3, -0.25) is 19.3 Å². The zero-order valence-electron chi connectivity index (χ0n) is 14.4. The minimum atomic E-state index is -0.884. The SMILES string of the molecule is O=C(O)CCCNC(=O)CCCN1C(=O)/C(=C/c2ccc(Cl)cc2)SC1=S. The van der Waals surface area contributed by atoms with Crippen molar-refractivity contribution in [3.05, 3.63) is 39.8 Å². The standard InChI is InChI=1S/C18H19ClN2O4S2/c19-13-7-5-12(6-8-13)11-14-17(25)21(18(26)27-14)10-2-3-15(22)20-9-1-4-16(23)24/h5-8,11H,1-4,9-10H2,(H,20,22)(H,23,24)/b14-11-. The number of amides is 2. The Morgan fingerprint density at radius 1 is 1.22 bits per heavy atom. The number of hydrogen-bond donors (Lipinski definition) is 2. The van der Waals surface area contributed by atoms with E-state index in [0.29, 0.717) is 40.2 Å². The van der Waals surface area contributed by atoms with Gasteiger partial charge in [-0.05, 0) is 36.6 Å². The Bertz CT molecular complexity index is 765. The predicted octanol–water partition coefficient (Wildman–Crippen LogP) is 3.30. The Hall–Kier alpha value is -1.90. The minimum Gasteiger partial charge on any atom is -0.481 e. The number of hydrogen-bond acceptors (Lipinski definition) is 5. The molecule has 0 spiro atoms. The summed E-state index contributed by atoms with van der Waals surface area (Å²) in [6.07, 6.45) is 2.92. The number of aliphatic carboxylic acids is 1. The summed E-state index contributed by atoms with van der Waals surface area (Å²) in [7, 11) is 0. The minimum absolute atomic E-state index is 0.0246. The van der Waals surface area contributed by atoms with Gasteiger partial charge in [0.2, 0.25) is 5.91 Å². The van der Waals surface area contributed by atoms with E-state index in [9.17, 15) is 14.4 Å². The summed E-state index contributed by atoms with van der Waals surface area (Å²) >= 11 is 12.4. The van der Waals surface area contributed by atoms with E-state index in [2.05, 4.69) is 5.32 Å². The second kappa shape index (κ2) is 10.4. The van der Waals surface area contributed by atoms with Crippen LogP contribution in [0.25, 0.3) is 6.08 Å². The number of carboxylic acid groups (broad SMARTS) is 1. The maximum atomic E-state index is 12.5. The molecule has 1 aliphatic rings. The van der Waals surface area contributed by atoms with E-state index in [1.807, 2.05) is 12.1 Å². The molecule has 0 bridgehead atoms. The number of thiocarbonyl (C=S) groups is 1. The van der Waals surface area contributed by atoms with Crippen LogP contribution in [0.15, 0.2) is 29.2 Å². The third kappa shape index (κ3) is 6.97. The second-order valence-corrected chi connectivity index (χ2v) is 7.95. The number of carbonyl (C=O) groups excluding carboxylic acids is 2. The Labute approximate surface area is 171 Å². The highest BCUT2D eigenvalue weighted by Gasteiger charge is 2.31. The molecule has 0 atom stereocenters. The van der Waals surface area contributed by atoms with E-state index in [0.717, 1.165) is 5.56 Å². The molecule has 1 saturated heterocycles. The Morgan fingerprint density at radius 3 is 2.59 bits per heavy atom. The van der Waals surface area contributed by atoms with Crippen molar-refractivity contribution in [1.29, 1.82) is 0 Å². The fourth-order valence-electron chi connectivity index (χ4n) is 2.36. The van der Waals surface area contributed by atoms with E-state index in [1.54, 1.807) is 18.2 Å². The van der Waals surface area contributed by atoms with E-state index >= 15 is 0 Å². The molecule has 2 amide bonds. The quantitative estimate of drug-likeness (QED) is 0.358. The van der Waals surface area contributed by atoms with Crippen molar-refractivity contribution in [2.45, 2.75) is 25.7 Å². The Morgan fingerprint density at radius 2 is 1.93 bits per heavy atom. The molecular weight excluding hydrogens is 408 g/mol. The maximum Gasteiger partial charge on any atom is 0.303 e. The third-order valence-corrected chi connectivity index (χ3v) is 5.35. The summed E-state index contributed by atoms with van der Waals surface area (Å²) < 4.78 is 0.474. The largest absolute Gasteiger partial charge is 0.481 e. The normalized spacial score (nSPS) is 15.4. The molecule has 144 valence electrons. The summed E-state index contributed by atoms with van der Waals surface area (Å²) in [5, 5.41) is 11.8. The van der Waals surface area contributed by atoms with Crippen molar-refractivity contribution in [3.63, 3.8) is 0 Å². The Kier molecular flexibility index (Phi) is 8.27. The lowest BCUT2D eigenvalue weighted by Gasteiger charge is -2.14.